The predicted molar refractivity (Wildman–Crippen MR) is 169 cm³/mol. The van der Waals surface area contributed by atoms with E-state index in [4.69, 9.17) is 5.73 Å². The molecule has 36 heavy (non-hydrogen) atoms. The Morgan fingerprint density at radius 3 is 1.78 bits per heavy atom. The highest BCUT2D eigenvalue weighted by molar-refractivity contribution is 5.60. The second-order valence-electron chi connectivity index (χ2n) is 10.0. The fourth-order valence-corrected chi connectivity index (χ4v) is 3.98. The van der Waals surface area contributed by atoms with Gasteiger partial charge in [-0.15, -0.1) is 0 Å². The van der Waals surface area contributed by atoms with E-state index in [1.165, 1.54) is 34.4 Å². The minimum atomic E-state index is 0.245. The maximum Gasteiger partial charge on any atom is 0.0423 e. The molecule has 1 aliphatic rings. The molecule has 0 heterocycles. The summed E-state index contributed by atoms with van der Waals surface area (Å²) in [6.07, 6.45) is 5.72. The quantitative estimate of drug-likeness (QED) is 0.362. The fourth-order valence-electron chi connectivity index (χ4n) is 3.98. The molecule has 0 saturated heterocycles. The van der Waals surface area contributed by atoms with Crippen molar-refractivity contribution < 1.29 is 0 Å². The van der Waals surface area contributed by atoms with E-state index in [9.17, 15) is 0 Å². The van der Waals surface area contributed by atoms with Crippen LogP contribution in [-0.2, 0) is 0 Å². The molecule has 0 radical (unpaired) electrons. The fraction of sp³-hybridized carbons (Fsp3) is 0.697. The van der Waals surface area contributed by atoms with Crippen LogP contribution in [0.15, 0.2) is 41.1 Å². The van der Waals surface area contributed by atoms with Gasteiger partial charge in [0.2, 0.25) is 0 Å². The topological polar surface area (TPSA) is 50.1 Å². The van der Waals surface area contributed by atoms with E-state index in [0.717, 1.165) is 31.6 Å². The highest BCUT2D eigenvalue weighted by Gasteiger charge is 2.21. The first-order chi connectivity index (χ1) is 17.0. The van der Waals surface area contributed by atoms with Crippen molar-refractivity contribution in [2.75, 3.05) is 18.4 Å². The Hall–Kier alpha value is -1.74. The molecule has 0 aliphatic heterocycles. The minimum absolute atomic E-state index is 0.245. The average Bonchev–Trinajstić information content (AvgIpc) is 2.84. The summed E-state index contributed by atoms with van der Waals surface area (Å²) in [4.78, 5) is 0. The van der Waals surface area contributed by atoms with Gasteiger partial charge in [-0.05, 0) is 73.8 Å². The third kappa shape index (κ3) is 14.7. The van der Waals surface area contributed by atoms with Crippen LogP contribution in [0.3, 0.4) is 0 Å². The summed E-state index contributed by atoms with van der Waals surface area (Å²) in [6, 6.07) is 7.01. The first-order valence-electron chi connectivity index (χ1n) is 14.7. The summed E-state index contributed by atoms with van der Waals surface area (Å²) in [5, 5.41) is 7.01. The largest absolute Gasteiger partial charge is 0.402 e. The lowest BCUT2D eigenvalue weighted by Gasteiger charge is -2.27. The molecular weight excluding hydrogens is 438 g/mol. The summed E-state index contributed by atoms with van der Waals surface area (Å²) in [5.74, 6) is 0.554. The van der Waals surface area contributed by atoms with E-state index in [0.29, 0.717) is 12.0 Å². The summed E-state index contributed by atoms with van der Waals surface area (Å²) in [7, 11) is 0. The smallest absolute Gasteiger partial charge is 0.0423 e. The Morgan fingerprint density at radius 1 is 0.889 bits per heavy atom. The number of hydrogen-bond donors (Lipinski definition) is 3. The van der Waals surface area contributed by atoms with Crippen LogP contribution in [0.25, 0.3) is 0 Å². The monoisotopic (exact) mass is 504 g/mol. The molecule has 0 aromatic heterocycles. The van der Waals surface area contributed by atoms with Crippen LogP contribution in [0, 0.1) is 5.41 Å². The molecule has 2 rings (SSSR count). The molecule has 3 nitrogen and oxygen atoms in total. The lowest BCUT2D eigenvalue weighted by atomic mass is 9.78. The minimum Gasteiger partial charge on any atom is -0.402 e. The van der Waals surface area contributed by atoms with Gasteiger partial charge in [-0.3, -0.25) is 0 Å². The van der Waals surface area contributed by atoms with Gasteiger partial charge in [-0.2, -0.15) is 0 Å². The molecule has 1 atom stereocenters. The zero-order valence-electron chi connectivity index (χ0n) is 27.1. The van der Waals surface area contributed by atoms with Crippen LogP contribution in [0.5, 0.6) is 0 Å². The number of para-hydroxylation sites is 1. The highest BCUT2D eigenvalue weighted by atomic mass is 14.9. The standard InChI is InChI=1S/C15H26N2.C11H19N.C3H8.2C2H6/c1-6-16-12(5)14-10-8-9-13(11(3)4)15(14)17-7-2;1-8-9(11(2,3)4)6-5-7-10(8)12;1-3-2;2*1-2/h8-12,16-17H,6-7H2,1-5H3;6H,5,7,12H2,1-4H3;3H2,1-2H3;2*1-2H3. The molecule has 1 aromatic rings. The third-order valence-corrected chi connectivity index (χ3v) is 5.54. The van der Waals surface area contributed by atoms with Crippen molar-refractivity contribution in [1.82, 2.24) is 5.32 Å². The summed E-state index contributed by atoms with van der Waals surface area (Å²) >= 11 is 0. The number of nitrogens with one attached hydrogen (secondary N) is 2. The van der Waals surface area contributed by atoms with Crippen molar-refractivity contribution in [1.29, 1.82) is 0 Å². The molecule has 212 valence electrons. The molecule has 0 amide bonds. The van der Waals surface area contributed by atoms with Gasteiger partial charge in [0.05, 0.1) is 0 Å². The van der Waals surface area contributed by atoms with E-state index in [1.54, 1.807) is 0 Å². The van der Waals surface area contributed by atoms with E-state index in [2.05, 4.69) is 111 Å². The molecule has 4 N–H and O–H groups in total. The van der Waals surface area contributed by atoms with Crippen LogP contribution in [-0.4, -0.2) is 13.1 Å². The highest BCUT2D eigenvalue weighted by Crippen LogP contribution is 2.35. The van der Waals surface area contributed by atoms with Gasteiger partial charge in [0, 0.05) is 24.0 Å². The molecule has 1 unspecified atom stereocenters. The number of nitrogens with two attached hydrogens (primary N) is 1. The van der Waals surface area contributed by atoms with Gasteiger partial charge < -0.3 is 16.4 Å². The molecule has 1 aromatic carbocycles. The van der Waals surface area contributed by atoms with Crippen molar-refractivity contribution >= 4 is 5.69 Å². The zero-order chi connectivity index (χ0) is 28.9. The normalized spacial score (nSPS) is 13.4. The van der Waals surface area contributed by atoms with Crippen molar-refractivity contribution in [3.63, 3.8) is 0 Å². The molecule has 0 saturated carbocycles. The molecule has 0 bridgehead atoms. The Morgan fingerprint density at radius 2 is 1.39 bits per heavy atom. The van der Waals surface area contributed by atoms with Crippen LogP contribution in [0.1, 0.15) is 146 Å². The van der Waals surface area contributed by atoms with Crippen molar-refractivity contribution in [2.45, 2.75) is 135 Å². The van der Waals surface area contributed by atoms with Gasteiger partial charge >= 0.3 is 0 Å². The van der Waals surface area contributed by atoms with Gasteiger partial charge in [0.15, 0.2) is 0 Å². The van der Waals surface area contributed by atoms with Crippen molar-refractivity contribution in [3.8, 4) is 0 Å². The summed E-state index contributed by atoms with van der Waals surface area (Å²) < 4.78 is 0. The van der Waals surface area contributed by atoms with E-state index < -0.39 is 0 Å². The zero-order valence-corrected chi connectivity index (χ0v) is 27.1. The van der Waals surface area contributed by atoms with Gasteiger partial charge in [-0.1, -0.05) is 114 Å². The lowest BCUT2D eigenvalue weighted by molar-refractivity contribution is 0.502. The SMILES string of the molecule is CC.CC.CC1=C(N)CCC=C1C(C)(C)C.CCC.CCNc1c(C(C)C)cccc1C(C)NCC. The van der Waals surface area contributed by atoms with E-state index in [1.807, 2.05) is 27.7 Å². The number of allylic oxidation sites excluding steroid dienone is 4. The first-order valence-corrected chi connectivity index (χ1v) is 14.7. The molecule has 3 heteroatoms. The summed E-state index contributed by atoms with van der Waals surface area (Å²) in [5.41, 5.74) is 14.0. The maximum absolute atomic E-state index is 5.90. The Bertz CT molecular complexity index is 721. The molecule has 0 spiro atoms. The van der Waals surface area contributed by atoms with Crippen LogP contribution in [0.4, 0.5) is 5.69 Å². The van der Waals surface area contributed by atoms with Crippen molar-refractivity contribution in [3.05, 3.63) is 52.2 Å². The Kier molecular flexibility index (Phi) is 24.2. The Labute approximate surface area is 227 Å². The number of hydrogen-bond acceptors (Lipinski definition) is 3. The third-order valence-electron chi connectivity index (χ3n) is 5.54. The number of rotatable bonds is 6. The number of benzene rings is 1. The van der Waals surface area contributed by atoms with Gasteiger partial charge in [-0.25, -0.2) is 0 Å². The Balaban J connectivity index is -0.000000500. The van der Waals surface area contributed by atoms with Gasteiger partial charge in [0.1, 0.15) is 0 Å². The molecular formula is C33H65N3. The predicted octanol–water partition coefficient (Wildman–Crippen LogP) is 10.4. The second-order valence-corrected chi connectivity index (χ2v) is 10.0. The van der Waals surface area contributed by atoms with Crippen LogP contribution in [0.2, 0.25) is 0 Å². The molecule has 0 fully saturated rings. The number of anilines is 1. The average molecular weight is 504 g/mol. The van der Waals surface area contributed by atoms with E-state index in [-0.39, 0.29) is 5.41 Å². The van der Waals surface area contributed by atoms with Gasteiger partial charge in [0.25, 0.3) is 0 Å². The first kappa shape index (κ1) is 38.8. The molecule has 1 aliphatic carbocycles. The second kappa shape index (κ2) is 22.5. The maximum atomic E-state index is 5.90. The van der Waals surface area contributed by atoms with E-state index >= 15 is 0 Å². The van der Waals surface area contributed by atoms with Crippen LogP contribution < -0.4 is 16.4 Å². The lowest BCUT2D eigenvalue weighted by Crippen LogP contribution is -2.20. The van der Waals surface area contributed by atoms with Crippen LogP contribution >= 0.6 is 0 Å². The van der Waals surface area contributed by atoms with Crippen molar-refractivity contribution in [2.24, 2.45) is 11.1 Å². The summed E-state index contributed by atoms with van der Waals surface area (Å²) in [6.45, 7) is 34.1.